The lowest BCUT2D eigenvalue weighted by molar-refractivity contribution is -0.118. The van der Waals surface area contributed by atoms with Gasteiger partial charge in [-0.15, -0.1) is 0 Å². The summed E-state index contributed by atoms with van der Waals surface area (Å²) in [5.41, 5.74) is 3.88. The number of hydrogen-bond donors (Lipinski definition) is 2. The number of nitrogens with zero attached hydrogens (tertiary/aromatic N) is 3. The molecule has 1 aromatic carbocycles. The summed E-state index contributed by atoms with van der Waals surface area (Å²) in [6.45, 7) is 4.07. The highest BCUT2D eigenvalue weighted by molar-refractivity contribution is 8.00. The van der Waals surface area contributed by atoms with Crippen LogP contribution in [0.25, 0.3) is 0 Å². The van der Waals surface area contributed by atoms with Crippen molar-refractivity contribution in [1.29, 1.82) is 0 Å². The van der Waals surface area contributed by atoms with Crippen LogP contribution in [-0.2, 0) is 4.79 Å². The number of rotatable bonds is 9. The Bertz CT molecular complexity index is 769. The molecule has 138 valence electrons. The summed E-state index contributed by atoms with van der Waals surface area (Å²) in [4.78, 5) is 20.8. The molecule has 0 saturated carbocycles. The fourth-order valence-corrected chi connectivity index (χ4v) is 3.70. The third-order valence-corrected chi connectivity index (χ3v) is 5.07. The van der Waals surface area contributed by atoms with Gasteiger partial charge < -0.3 is 5.11 Å². The number of carbonyl (C=O) groups excluding carboxylic acids is 1. The van der Waals surface area contributed by atoms with E-state index in [2.05, 4.69) is 27.4 Å². The minimum atomic E-state index is -0.238. The van der Waals surface area contributed by atoms with Crippen molar-refractivity contribution in [3.63, 3.8) is 0 Å². The normalized spacial score (nSPS) is 11.0. The predicted molar refractivity (Wildman–Crippen MR) is 107 cm³/mol. The number of phenols is 1. The van der Waals surface area contributed by atoms with Gasteiger partial charge in [0, 0.05) is 17.0 Å². The Morgan fingerprint density at radius 1 is 1.31 bits per heavy atom. The largest absolute Gasteiger partial charge is 0.507 e. The lowest BCUT2D eigenvalue weighted by Crippen LogP contribution is -2.19. The number of aromatic hydroxyl groups is 1. The van der Waals surface area contributed by atoms with E-state index in [0.717, 1.165) is 34.5 Å². The lowest BCUT2D eigenvalue weighted by Gasteiger charge is -2.05. The number of nitrogens with one attached hydrogen (secondary N) is 1. The maximum Gasteiger partial charge on any atom is 0.250 e. The van der Waals surface area contributed by atoms with E-state index >= 15 is 0 Å². The second-order valence-corrected chi connectivity index (χ2v) is 7.53. The molecule has 0 aliphatic heterocycles. The van der Waals surface area contributed by atoms with Gasteiger partial charge in [0.05, 0.1) is 12.0 Å². The van der Waals surface area contributed by atoms with Gasteiger partial charge in [-0.2, -0.15) is 5.10 Å². The van der Waals surface area contributed by atoms with Gasteiger partial charge in [0.2, 0.25) is 5.91 Å². The minimum Gasteiger partial charge on any atom is -0.507 e. The van der Waals surface area contributed by atoms with Crippen LogP contribution < -0.4 is 5.43 Å². The molecule has 0 aliphatic rings. The van der Waals surface area contributed by atoms with Crippen molar-refractivity contribution in [2.75, 3.05) is 11.5 Å². The van der Waals surface area contributed by atoms with Gasteiger partial charge in [-0.3, -0.25) is 4.79 Å². The Morgan fingerprint density at radius 2 is 2.12 bits per heavy atom. The fraction of sp³-hybridized carbons (Fsp3) is 0.333. The zero-order valence-electron chi connectivity index (χ0n) is 14.8. The van der Waals surface area contributed by atoms with E-state index in [9.17, 15) is 9.90 Å². The van der Waals surface area contributed by atoms with Crippen LogP contribution in [0.3, 0.4) is 0 Å². The summed E-state index contributed by atoms with van der Waals surface area (Å²) in [6.07, 6.45) is 3.68. The zero-order valence-corrected chi connectivity index (χ0v) is 16.4. The predicted octanol–water partition coefficient (Wildman–Crippen LogP) is 3.63. The highest BCUT2D eigenvalue weighted by Crippen LogP contribution is 2.21. The number of hydrazone groups is 1. The van der Waals surface area contributed by atoms with Gasteiger partial charge >= 0.3 is 0 Å². The molecule has 0 aliphatic carbocycles. The van der Waals surface area contributed by atoms with Crippen LogP contribution >= 0.6 is 23.5 Å². The van der Waals surface area contributed by atoms with Crippen LogP contribution in [0.15, 0.2) is 45.6 Å². The smallest absolute Gasteiger partial charge is 0.250 e. The Morgan fingerprint density at radius 3 is 2.88 bits per heavy atom. The molecule has 0 radical (unpaired) electrons. The molecule has 26 heavy (non-hydrogen) atoms. The number of para-hydroxylation sites is 1. The van der Waals surface area contributed by atoms with Gasteiger partial charge in [0.1, 0.15) is 10.8 Å². The fourth-order valence-electron chi connectivity index (χ4n) is 1.90. The SMILES string of the molecule is CCCCSc1nc(C)cc(SCC(=O)NN=Cc2ccccc2O)n1. The number of carbonyl (C=O) groups is 1. The second kappa shape index (κ2) is 10.8. The van der Waals surface area contributed by atoms with Crippen molar-refractivity contribution in [3.05, 3.63) is 41.6 Å². The molecule has 1 aromatic heterocycles. The van der Waals surface area contributed by atoms with Crippen LogP contribution in [-0.4, -0.2) is 38.7 Å². The third kappa shape index (κ3) is 7.05. The topological polar surface area (TPSA) is 87.5 Å². The van der Waals surface area contributed by atoms with Crippen molar-refractivity contribution >= 4 is 35.6 Å². The Hall–Kier alpha value is -2.06. The number of amides is 1. The molecule has 2 rings (SSSR count). The molecule has 0 atom stereocenters. The molecule has 0 spiro atoms. The van der Waals surface area contributed by atoms with Crippen LogP contribution in [0, 0.1) is 6.92 Å². The quantitative estimate of drug-likeness (QED) is 0.170. The maximum absolute atomic E-state index is 11.9. The van der Waals surface area contributed by atoms with E-state index in [4.69, 9.17) is 0 Å². The summed E-state index contributed by atoms with van der Waals surface area (Å²) in [6, 6.07) is 8.65. The molecule has 0 bridgehead atoms. The average molecular weight is 391 g/mol. The van der Waals surface area contributed by atoms with Crippen LogP contribution in [0.4, 0.5) is 0 Å². The molecular weight excluding hydrogens is 368 g/mol. The molecule has 6 nitrogen and oxygen atoms in total. The Kier molecular flexibility index (Phi) is 8.43. The monoisotopic (exact) mass is 390 g/mol. The summed E-state index contributed by atoms with van der Waals surface area (Å²) in [5.74, 6) is 1.07. The van der Waals surface area contributed by atoms with Gasteiger partial charge in [0.15, 0.2) is 5.16 Å². The van der Waals surface area contributed by atoms with Gasteiger partial charge in [-0.05, 0) is 31.5 Å². The van der Waals surface area contributed by atoms with Crippen LogP contribution in [0.5, 0.6) is 5.75 Å². The van der Waals surface area contributed by atoms with Gasteiger partial charge in [0.25, 0.3) is 0 Å². The van der Waals surface area contributed by atoms with Crippen molar-refractivity contribution in [1.82, 2.24) is 15.4 Å². The van der Waals surface area contributed by atoms with Gasteiger partial charge in [-0.25, -0.2) is 15.4 Å². The number of aromatic nitrogens is 2. The van der Waals surface area contributed by atoms with E-state index in [-0.39, 0.29) is 17.4 Å². The number of benzene rings is 1. The molecule has 1 amide bonds. The number of hydrogen-bond acceptors (Lipinski definition) is 7. The minimum absolute atomic E-state index is 0.115. The van der Waals surface area contributed by atoms with Crippen molar-refractivity contribution in [3.8, 4) is 5.75 Å². The first-order valence-corrected chi connectivity index (χ1v) is 10.3. The van der Waals surface area contributed by atoms with E-state index in [0.29, 0.717) is 5.56 Å². The first kappa shape index (κ1) is 20.3. The molecular formula is C18H22N4O2S2. The number of thioether (sulfide) groups is 2. The van der Waals surface area contributed by atoms with E-state index in [1.165, 1.54) is 18.0 Å². The molecule has 2 N–H and O–H groups in total. The first-order valence-electron chi connectivity index (χ1n) is 8.29. The van der Waals surface area contributed by atoms with Gasteiger partial charge in [-0.1, -0.05) is 49.0 Å². The van der Waals surface area contributed by atoms with E-state index < -0.39 is 0 Å². The molecule has 0 unspecified atom stereocenters. The average Bonchev–Trinajstić information content (AvgIpc) is 2.61. The van der Waals surface area contributed by atoms with E-state index in [1.807, 2.05) is 13.0 Å². The van der Waals surface area contributed by atoms with Crippen LogP contribution in [0.2, 0.25) is 0 Å². The van der Waals surface area contributed by atoms with Crippen molar-refractivity contribution in [2.24, 2.45) is 5.10 Å². The summed E-state index contributed by atoms with van der Waals surface area (Å²) in [5, 5.41) is 15.0. The molecule has 0 fully saturated rings. The second-order valence-electron chi connectivity index (χ2n) is 5.47. The standard InChI is InChI=1S/C18H22N4O2S2/c1-3-4-9-25-18-20-13(2)10-17(21-18)26-12-16(24)22-19-11-14-7-5-6-8-15(14)23/h5-8,10-11,23H,3-4,9,12H2,1-2H3,(H,22,24). The number of phenolic OH excluding ortho intramolecular Hbond substituents is 1. The van der Waals surface area contributed by atoms with Crippen molar-refractivity contribution in [2.45, 2.75) is 36.9 Å². The molecule has 1 heterocycles. The summed E-state index contributed by atoms with van der Waals surface area (Å²) < 4.78 is 0. The van der Waals surface area contributed by atoms with Crippen LogP contribution in [0.1, 0.15) is 31.0 Å². The summed E-state index contributed by atoms with van der Waals surface area (Å²) >= 11 is 2.98. The number of unbranched alkanes of at least 4 members (excludes halogenated alkanes) is 1. The Balaban J connectivity index is 1.84. The lowest BCUT2D eigenvalue weighted by atomic mass is 10.2. The zero-order chi connectivity index (χ0) is 18.8. The van der Waals surface area contributed by atoms with Crippen molar-refractivity contribution < 1.29 is 9.90 Å². The molecule has 2 aromatic rings. The highest BCUT2D eigenvalue weighted by Gasteiger charge is 2.07. The highest BCUT2D eigenvalue weighted by atomic mass is 32.2. The Labute approximate surface area is 161 Å². The molecule has 8 heteroatoms. The maximum atomic E-state index is 11.9. The third-order valence-electron chi connectivity index (χ3n) is 3.22. The number of aryl methyl sites for hydroxylation is 1. The first-order chi connectivity index (χ1) is 12.6. The van der Waals surface area contributed by atoms with E-state index in [1.54, 1.807) is 36.0 Å². The summed E-state index contributed by atoms with van der Waals surface area (Å²) in [7, 11) is 0. The molecule has 0 saturated heterocycles.